The molecular weight excluding hydrogens is 1020 g/mol. The summed E-state index contributed by atoms with van der Waals surface area (Å²) >= 11 is 1.58. The lowest BCUT2D eigenvalue weighted by molar-refractivity contribution is -0.144. The Kier molecular flexibility index (Phi) is 18.2. The molecule has 2 saturated heterocycles. The predicted octanol–water partition coefficient (Wildman–Crippen LogP) is 5.07. The summed E-state index contributed by atoms with van der Waals surface area (Å²) in [5.41, 5.74) is 7.75. The van der Waals surface area contributed by atoms with E-state index < -0.39 is 29.2 Å². The second-order valence-corrected chi connectivity index (χ2v) is 21.7. The monoisotopic (exact) mass is 1090 g/mol. The van der Waals surface area contributed by atoms with Gasteiger partial charge in [0, 0.05) is 81.8 Å². The Morgan fingerprint density at radius 3 is 2.28 bits per heavy atom. The summed E-state index contributed by atoms with van der Waals surface area (Å²) in [6, 6.07) is 10.9. The van der Waals surface area contributed by atoms with Crippen LogP contribution >= 0.6 is 11.3 Å². The van der Waals surface area contributed by atoms with E-state index in [1.807, 2.05) is 68.1 Å². The Hall–Kier alpha value is -7.18. The van der Waals surface area contributed by atoms with Gasteiger partial charge in [0.15, 0.2) is 11.5 Å². The largest absolute Gasteiger partial charge is 0.377 e. The minimum Gasteiger partial charge on any atom is -0.377 e. The van der Waals surface area contributed by atoms with Crippen LogP contribution in [0.1, 0.15) is 79.7 Å². The molecule has 2 atom stereocenters. The molecule has 21 nitrogen and oxygen atoms in total. The molecule has 1 aliphatic carbocycles. The maximum absolute atomic E-state index is 15.6. The number of likely N-dealkylation sites (tertiary alicyclic amines) is 1. The van der Waals surface area contributed by atoms with Gasteiger partial charge in [-0.05, 0) is 67.3 Å². The summed E-state index contributed by atoms with van der Waals surface area (Å²) in [4.78, 5) is 86.5. The van der Waals surface area contributed by atoms with Gasteiger partial charge in [0.1, 0.15) is 31.1 Å². The number of H-pyrrole nitrogens is 1. The zero-order valence-electron chi connectivity index (χ0n) is 44.5. The van der Waals surface area contributed by atoms with Gasteiger partial charge in [0.25, 0.3) is 5.91 Å². The number of fused-ring (bicyclic) bond motifs is 1. The van der Waals surface area contributed by atoms with E-state index in [-0.39, 0.29) is 74.5 Å². The van der Waals surface area contributed by atoms with Crippen molar-refractivity contribution >= 4 is 58.0 Å². The average Bonchev–Trinajstić information content (AvgIpc) is 4.04. The molecule has 0 unspecified atom stereocenters. The van der Waals surface area contributed by atoms with Crippen LogP contribution in [0.4, 0.5) is 15.9 Å². The molecule has 0 bridgehead atoms. The number of rotatable bonds is 24. The number of hydrogen-bond acceptors (Lipinski definition) is 15. The fourth-order valence-electron chi connectivity index (χ4n) is 9.56. The van der Waals surface area contributed by atoms with Crippen LogP contribution in [-0.2, 0) is 39.9 Å². The highest BCUT2D eigenvalue weighted by Crippen LogP contribution is 2.41. The van der Waals surface area contributed by atoms with Gasteiger partial charge < -0.3 is 45.3 Å². The molecule has 414 valence electrons. The lowest BCUT2D eigenvalue weighted by Gasteiger charge is -2.35. The average molecular weight is 1090 g/mol. The number of aryl methyl sites for hydroxylation is 1. The Morgan fingerprint density at radius 1 is 0.859 bits per heavy atom. The summed E-state index contributed by atoms with van der Waals surface area (Å²) in [5, 5.41) is 18.7. The molecule has 78 heavy (non-hydrogen) atoms. The first-order valence-corrected chi connectivity index (χ1v) is 27.4. The number of carbonyl (C=O) groups is 5. The molecular formula is C55H68FN13O8S. The number of carbonyl (C=O) groups excluding carboxylic acids is 5. The van der Waals surface area contributed by atoms with Gasteiger partial charge in [0.2, 0.25) is 23.6 Å². The van der Waals surface area contributed by atoms with Gasteiger partial charge in [-0.2, -0.15) is 5.10 Å². The van der Waals surface area contributed by atoms with Crippen LogP contribution in [0, 0.1) is 18.2 Å². The Bertz CT molecular complexity index is 3040. The number of nitrogens with one attached hydrogen (secondary N) is 5. The van der Waals surface area contributed by atoms with Gasteiger partial charge in [-0.15, -0.1) is 11.3 Å². The fourth-order valence-corrected chi connectivity index (χ4v) is 10.4. The minimum absolute atomic E-state index is 0.121. The van der Waals surface area contributed by atoms with Gasteiger partial charge in [0.05, 0.1) is 72.0 Å². The van der Waals surface area contributed by atoms with Crippen LogP contribution in [0.5, 0.6) is 0 Å². The second kappa shape index (κ2) is 25.5. The number of thiazole rings is 1. The van der Waals surface area contributed by atoms with Gasteiger partial charge >= 0.3 is 0 Å². The lowest BCUT2D eigenvalue weighted by Crippen LogP contribution is -2.58. The number of anilines is 2. The second-order valence-electron chi connectivity index (χ2n) is 20.9. The third kappa shape index (κ3) is 14.1. The van der Waals surface area contributed by atoms with Crippen LogP contribution in [-0.4, -0.2) is 171 Å². The van der Waals surface area contributed by atoms with Gasteiger partial charge in [-0.1, -0.05) is 45.0 Å². The Labute approximate surface area is 456 Å². The van der Waals surface area contributed by atoms with Crippen molar-refractivity contribution in [1.82, 2.24) is 60.2 Å². The molecule has 4 aromatic heterocycles. The number of imidazole rings is 1. The van der Waals surface area contributed by atoms with Crippen molar-refractivity contribution in [2.24, 2.45) is 5.41 Å². The first-order valence-electron chi connectivity index (χ1n) is 26.5. The Balaban J connectivity index is 0.611. The SMILES string of the molecule is Cc1ncsc1-c1ccc(CNC(=O)[C@@H]2CCCN2C(=O)[C@@H](NC(=O)COCCOCCOCC(=O)NCCN2CCN(C(=O)c3ccc(Nc4nc(C5CC5)cn5c(-c6cn[nH]c6)cnc45)c(F)c3)CC2)C(C)(C)C)cc1. The summed E-state index contributed by atoms with van der Waals surface area (Å²) in [6.45, 7) is 11.7. The zero-order valence-corrected chi connectivity index (χ0v) is 45.3. The standard InChI is InChI=1S/C55H68FN13O8S/c1-35-48(78-34-60-35)38-9-7-36(8-10-38)27-59-52(72)44-6-5-16-68(44)54(74)49(55(2,3)4)65-47(71)33-77-25-23-75-22-24-76-32-46(70)57-15-17-66-18-20-67(21-19-66)53(73)39-13-14-42(41(56)26-39)63-50-51-58-30-45(40-28-61-62-29-40)69(51)31-43(64-50)37-11-12-37/h7-10,13-14,26,28-31,34,37,44,49H,5-6,11-12,15-25,27,32-33H2,1-4H3,(H,57,70)(H,59,72)(H,61,62)(H,63,64)(H,65,71)/t44-,49+/m0/s1. The summed E-state index contributed by atoms with van der Waals surface area (Å²) in [7, 11) is 0. The third-order valence-electron chi connectivity index (χ3n) is 14.1. The molecule has 2 aliphatic heterocycles. The number of benzene rings is 2. The highest BCUT2D eigenvalue weighted by molar-refractivity contribution is 7.13. The normalized spacial score (nSPS) is 16.3. The van der Waals surface area contributed by atoms with E-state index in [0.717, 1.165) is 51.5 Å². The lowest BCUT2D eigenvalue weighted by atomic mass is 9.85. The van der Waals surface area contributed by atoms with Crippen LogP contribution in [0.2, 0.25) is 0 Å². The van der Waals surface area contributed by atoms with E-state index in [2.05, 4.69) is 46.3 Å². The van der Waals surface area contributed by atoms with E-state index in [9.17, 15) is 24.0 Å². The van der Waals surface area contributed by atoms with Crippen LogP contribution in [0.3, 0.4) is 0 Å². The van der Waals surface area contributed by atoms with E-state index in [0.29, 0.717) is 82.6 Å². The van der Waals surface area contributed by atoms with Crippen LogP contribution < -0.4 is 21.3 Å². The van der Waals surface area contributed by atoms with Gasteiger partial charge in [-0.3, -0.25) is 38.4 Å². The smallest absolute Gasteiger partial charge is 0.254 e. The van der Waals surface area contributed by atoms with E-state index in [4.69, 9.17) is 19.2 Å². The molecule has 3 fully saturated rings. The van der Waals surface area contributed by atoms with Crippen molar-refractivity contribution in [3.05, 3.63) is 101 Å². The molecule has 5 amide bonds. The fraction of sp³-hybridized carbons (Fsp3) is 0.473. The third-order valence-corrected chi connectivity index (χ3v) is 15.1. The van der Waals surface area contributed by atoms with Crippen molar-refractivity contribution in [3.63, 3.8) is 0 Å². The zero-order chi connectivity index (χ0) is 54.8. The highest BCUT2D eigenvalue weighted by atomic mass is 32.1. The maximum atomic E-state index is 15.6. The molecule has 6 aromatic rings. The molecule has 9 rings (SSSR count). The van der Waals surface area contributed by atoms with Gasteiger partial charge in [-0.25, -0.2) is 19.3 Å². The number of aromatic nitrogens is 6. The van der Waals surface area contributed by atoms with Crippen molar-refractivity contribution in [2.45, 2.75) is 77.9 Å². The van der Waals surface area contributed by atoms with Crippen molar-refractivity contribution in [1.29, 1.82) is 0 Å². The van der Waals surface area contributed by atoms with E-state index in [1.165, 1.54) is 6.07 Å². The van der Waals surface area contributed by atoms with Crippen molar-refractivity contribution in [2.75, 3.05) is 90.8 Å². The predicted molar refractivity (Wildman–Crippen MR) is 290 cm³/mol. The van der Waals surface area contributed by atoms with Crippen LogP contribution in [0.15, 0.2) is 72.8 Å². The van der Waals surface area contributed by atoms with Crippen molar-refractivity contribution < 1.29 is 42.6 Å². The number of halogens is 1. The molecule has 6 heterocycles. The molecule has 1 saturated carbocycles. The van der Waals surface area contributed by atoms with Crippen LogP contribution in [0.25, 0.3) is 27.3 Å². The Morgan fingerprint density at radius 2 is 1.60 bits per heavy atom. The summed E-state index contributed by atoms with van der Waals surface area (Å²) < 4.78 is 34.1. The quantitative estimate of drug-likeness (QED) is 0.0498. The minimum atomic E-state index is -0.877. The molecule has 23 heteroatoms. The summed E-state index contributed by atoms with van der Waals surface area (Å²) in [6.07, 6.45) is 10.5. The number of nitrogens with zero attached hydrogens (tertiary/aromatic N) is 8. The first-order chi connectivity index (χ1) is 37.7. The molecule has 0 radical (unpaired) electrons. The van der Waals surface area contributed by atoms with E-state index >= 15 is 4.39 Å². The van der Waals surface area contributed by atoms with Crippen molar-refractivity contribution in [3.8, 4) is 21.7 Å². The number of ether oxygens (including phenoxy) is 3. The molecule has 5 N–H and O–H groups in total. The van der Waals surface area contributed by atoms with E-state index in [1.54, 1.807) is 51.9 Å². The molecule has 3 aliphatic rings. The number of aromatic amines is 1. The first kappa shape index (κ1) is 55.6. The maximum Gasteiger partial charge on any atom is 0.254 e. The number of hydrogen-bond donors (Lipinski definition) is 5. The highest BCUT2D eigenvalue weighted by Gasteiger charge is 2.42. The molecule has 0 spiro atoms. The topological polar surface area (TPSA) is 243 Å². The number of amides is 5. The summed E-state index contributed by atoms with van der Waals surface area (Å²) in [5.74, 6) is -1.34. The molecule has 2 aromatic carbocycles. The number of piperazine rings is 1.